The highest BCUT2D eigenvalue weighted by atomic mass is 16.4. The summed E-state index contributed by atoms with van der Waals surface area (Å²) in [4.78, 5) is 21.8. The van der Waals surface area contributed by atoms with Crippen molar-refractivity contribution < 1.29 is 19.8 Å². The van der Waals surface area contributed by atoms with Crippen molar-refractivity contribution >= 4 is 11.9 Å². The Morgan fingerprint density at radius 3 is 2.40 bits per heavy atom. The van der Waals surface area contributed by atoms with Gasteiger partial charge in [-0.2, -0.15) is 0 Å². The average molecular weight is 218 g/mol. The molecule has 0 bridgehead atoms. The summed E-state index contributed by atoms with van der Waals surface area (Å²) in [5, 5.41) is 19.6. The van der Waals surface area contributed by atoms with Crippen molar-refractivity contribution in [3.63, 3.8) is 0 Å². The van der Waals surface area contributed by atoms with Crippen LogP contribution in [-0.4, -0.2) is 40.8 Å². The standard InChI is InChI=1S/C9H18N2O4/c1-6(10)2-3-8(13)11-7(4-5-12)9(14)15/h6-7,12H,2-5,10H2,1H3,(H,11,13)(H,14,15). The number of hydrogen-bond donors (Lipinski definition) is 4. The molecule has 0 rings (SSSR count). The SMILES string of the molecule is CC(N)CCC(=O)NC(CCO)C(=O)O. The molecule has 0 aliphatic carbocycles. The van der Waals surface area contributed by atoms with Crippen LogP contribution >= 0.6 is 0 Å². The van der Waals surface area contributed by atoms with Crippen molar-refractivity contribution in [2.24, 2.45) is 5.73 Å². The maximum absolute atomic E-state index is 11.2. The fraction of sp³-hybridized carbons (Fsp3) is 0.778. The summed E-state index contributed by atoms with van der Waals surface area (Å²) in [6, 6.07) is -1.10. The van der Waals surface area contributed by atoms with Crippen LogP contribution in [0.2, 0.25) is 0 Å². The first-order valence-corrected chi connectivity index (χ1v) is 4.86. The van der Waals surface area contributed by atoms with Crippen LogP contribution in [0.4, 0.5) is 0 Å². The van der Waals surface area contributed by atoms with Crippen LogP contribution in [-0.2, 0) is 9.59 Å². The number of nitrogens with one attached hydrogen (secondary N) is 1. The van der Waals surface area contributed by atoms with Gasteiger partial charge in [-0.15, -0.1) is 0 Å². The van der Waals surface area contributed by atoms with Gasteiger partial charge in [0.2, 0.25) is 5.91 Å². The topological polar surface area (TPSA) is 113 Å². The lowest BCUT2D eigenvalue weighted by atomic mass is 10.1. The molecule has 88 valence electrons. The Morgan fingerprint density at radius 1 is 1.40 bits per heavy atom. The van der Waals surface area contributed by atoms with Crippen LogP contribution < -0.4 is 11.1 Å². The first-order chi connectivity index (χ1) is 6.97. The molecule has 0 aliphatic heterocycles. The smallest absolute Gasteiger partial charge is 0.326 e. The third-order valence-electron chi connectivity index (χ3n) is 1.88. The van der Waals surface area contributed by atoms with Gasteiger partial charge in [0.1, 0.15) is 6.04 Å². The molecule has 0 saturated carbocycles. The number of carboxylic acids is 1. The fourth-order valence-electron chi connectivity index (χ4n) is 1.01. The summed E-state index contributed by atoms with van der Waals surface area (Å²) in [7, 11) is 0. The number of hydrogen-bond acceptors (Lipinski definition) is 4. The Balaban J connectivity index is 3.94. The lowest BCUT2D eigenvalue weighted by molar-refractivity contribution is -0.142. The van der Waals surface area contributed by atoms with Gasteiger partial charge in [-0.1, -0.05) is 0 Å². The maximum atomic E-state index is 11.2. The molecule has 6 nitrogen and oxygen atoms in total. The second kappa shape index (κ2) is 7.19. The lowest BCUT2D eigenvalue weighted by Crippen LogP contribution is -2.41. The van der Waals surface area contributed by atoms with Gasteiger partial charge in [-0.25, -0.2) is 4.79 Å². The second-order valence-corrected chi connectivity index (χ2v) is 3.49. The molecule has 0 fully saturated rings. The minimum Gasteiger partial charge on any atom is -0.480 e. The quantitative estimate of drug-likeness (QED) is 0.441. The van der Waals surface area contributed by atoms with Crippen molar-refractivity contribution in [3.8, 4) is 0 Å². The Labute approximate surface area is 88.5 Å². The Kier molecular flexibility index (Phi) is 6.64. The van der Waals surface area contributed by atoms with Crippen LogP contribution in [0.25, 0.3) is 0 Å². The first-order valence-electron chi connectivity index (χ1n) is 4.86. The van der Waals surface area contributed by atoms with Gasteiger partial charge in [-0.3, -0.25) is 4.79 Å². The Bertz CT molecular complexity index is 218. The van der Waals surface area contributed by atoms with Crippen molar-refractivity contribution in [1.82, 2.24) is 5.32 Å². The first kappa shape index (κ1) is 13.9. The number of amides is 1. The van der Waals surface area contributed by atoms with Crippen molar-refractivity contribution in [2.75, 3.05) is 6.61 Å². The molecule has 5 N–H and O–H groups in total. The summed E-state index contributed by atoms with van der Waals surface area (Å²) in [5.74, 6) is -1.49. The molecule has 2 atom stereocenters. The molecular weight excluding hydrogens is 200 g/mol. The van der Waals surface area contributed by atoms with E-state index in [4.69, 9.17) is 15.9 Å². The van der Waals surface area contributed by atoms with E-state index in [9.17, 15) is 9.59 Å². The molecule has 0 aromatic rings. The molecule has 2 unspecified atom stereocenters. The van der Waals surface area contributed by atoms with Crippen LogP contribution in [0.15, 0.2) is 0 Å². The zero-order chi connectivity index (χ0) is 11.8. The zero-order valence-electron chi connectivity index (χ0n) is 8.77. The molecule has 0 saturated heterocycles. The summed E-state index contributed by atoms with van der Waals surface area (Å²) < 4.78 is 0. The molecule has 0 radical (unpaired) electrons. The van der Waals surface area contributed by atoms with E-state index in [-0.39, 0.29) is 31.4 Å². The van der Waals surface area contributed by atoms with Gasteiger partial charge in [0.15, 0.2) is 0 Å². The molecule has 0 aromatic carbocycles. The summed E-state index contributed by atoms with van der Waals surface area (Å²) >= 11 is 0. The molecule has 0 aliphatic rings. The fourth-order valence-corrected chi connectivity index (χ4v) is 1.01. The van der Waals surface area contributed by atoms with Gasteiger partial charge in [0, 0.05) is 25.5 Å². The van der Waals surface area contributed by atoms with E-state index in [0.29, 0.717) is 6.42 Å². The number of aliphatic carboxylic acids is 1. The summed E-state index contributed by atoms with van der Waals surface area (Å²) in [6.07, 6.45) is 0.726. The molecule has 0 spiro atoms. The lowest BCUT2D eigenvalue weighted by Gasteiger charge is -2.13. The van der Waals surface area contributed by atoms with E-state index in [1.165, 1.54) is 0 Å². The van der Waals surface area contributed by atoms with Crippen molar-refractivity contribution in [2.45, 2.75) is 38.3 Å². The number of carboxylic acid groups (broad SMARTS) is 1. The van der Waals surface area contributed by atoms with Crippen molar-refractivity contribution in [1.29, 1.82) is 0 Å². The van der Waals surface area contributed by atoms with E-state index >= 15 is 0 Å². The molecule has 6 heteroatoms. The average Bonchev–Trinajstić information content (AvgIpc) is 2.14. The van der Waals surface area contributed by atoms with Crippen LogP contribution in [0, 0.1) is 0 Å². The van der Waals surface area contributed by atoms with Gasteiger partial charge in [-0.05, 0) is 13.3 Å². The number of carbonyl (C=O) groups is 2. The normalized spacial score (nSPS) is 14.3. The molecular formula is C9H18N2O4. The Morgan fingerprint density at radius 2 is 2.00 bits per heavy atom. The van der Waals surface area contributed by atoms with E-state index < -0.39 is 12.0 Å². The van der Waals surface area contributed by atoms with E-state index in [1.54, 1.807) is 6.92 Å². The highest BCUT2D eigenvalue weighted by Gasteiger charge is 2.18. The van der Waals surface area contributed by atoms with Crippen LogP contribution in [0.1, 0.15) is 26.2 Å². The van der Waals surface area contributed by atoms with Gasteiger partial charge < -0.3 is 21.3 Å². The minimum atomic E-state index is -1.14. The number of aliphatic hydroxyl groups is 1. The minimum absolute atomic E-state index is 0.0131. The van der Waals surface area contributed by atoms with E-state index in [1.807, 2.05) is 0 Å². The molecule has 0 heterocycles. The molecule has 0 aromatic heterocycles. The van der Waals surface area contributed by atoms with E-state index in [0.717, 1.165) is 0 Å². The number of aliphatic hydroxyl groups excluding tert-OH is 1. The number of rotatable bonds is 7. The predicted octanol–water partition coefficient (Wildman–Crippen LogP) is -0.934. The second-order valence-electron chi connectivity index (χ2n) is 3.49. The third kappa shape index (κ3) is 6.87. The monoisotopic (exact) mass is 218 g/mol. The number of carbonyl (C=O) groups excluding carboxylic acids is 1. The summed E-state index contributed by atoms with van der Waals surface area (Å²) in [5.41, 5.74) is 5.45. The van der Waals surface area contributed by atoms with Crippen LogP contribution in [0.3, 0.4) is 0 Å². The molecule has 15 heavy (non-hydrogen) atoms. The Hall–Kier alpha value is -1.14. The highest BCUT2D eigenvalue weighted by Crippen LogP contribution is 1.97. The zero-order valence-corrected chi connectivity index (χ0v) is 8.77. The van der Waals surface area contributed by atoms with Crippen molar-refractivity contribution in [3.05, 3.63) is 0 Å². The highest BCUT2D eigenvalue weighted by molar-refractivity contribution is 5.83. The predicted molar refractivity (Wildman–Crippen MR) is 54.2 cm³/mol. The van der Waals surface area contributed by atoms with Gasteiger partial charge >= 0.3 is 5.97 Å². The van der Waals surface area contributed by atoms with Gasteiger partial charge in [0.05, 0.1) is 0 Å². The largest absolute Gasteiger partial charge is 0.480 e. The van der Waals surface area contributed by atoms with E-state index in [2.05, 4.69) is 5.32 Å². The summed E-state index contributed by atoms with van der Waals surface area (Å²) in [6.45, 7) is 1.50. The number of nitrogens with two attached hydrogens (primary N) is 1. The van der Waals surface area contributed by atoms with Crippen LogP contribution in [0.5, 0.6) is 0 Å². The van der Waals surface area contributed by atoms with Gasteiger partial charge in [0.25, 0.3) is 0 Å². The maximum Gasteiger partial charge on any atom is 0.326 e. The third-order valence-corrected chi connectivity index (χ3v) is 1.88. The molecule has 1 amide bonds.